The molecule has 2 fully saturated rings. The first-order valence-electron chi connectivity index (χ1n) is 14.5. The number of hydrogen-bond acceptors (Lipinski definition) is 4. The smallest absolute Gasteiger partial charge is 0.239 e. The molecule has 3 aromatic rings. The highest BCUT2D eigenvalue weighted by molar-refractivity contribution is 7.09. The van der Waals surface area contributed by atoms with Crippen molar-refractivity contribution in [3.8, 4) is 11.1 Å². The molecule has 1 aliphatic heterocycles. The molecule has 1 unspecified atom stereocenters. The number of rotatable bonds is 9. The van der Waals surface area contributed by atoms with E-state index >= 15 is 0 Å². The van der Waals surface area contributed by atoms with Gasteiger partial charge >= 0.3 is 0 Å². The second kappa shape index (κ2) is 12.9. The Labute approximate surface area is 236 Å². The van der Waals surface area contributed by atoms with Crippen LogP contribution in [-0.2, 0) is 22.4 Å². The molecule has 0 spiro atoms. The van der Waals surface area contributed by atoms with Crippen LogP contribution in [0.1, 0.15) is 55.4 Å². The van der Waals surface area contributed by atoms with E-state index in [-0.39, 0.29) is 11.8 Å². The van der Waals surface area contributed by atoms with Gasteiger partial charge in [0.25, 0.3) is 0 Å². The second-order valence-electron chi connectivity index (χ2n) is 11.4. The first kappa shape index (κ1) is 27.6. The molecular formula is C33H41N3O2S. The Morgan fingerprint density at radius 2 is 1.62 bits per heavy atom. The molecule has 2 heterocycles. The molecule has 6 heteroatoms. The third-order valence-corrected chi connectivity index (χ3v) is 9.61. The Balaban J connectivity index is 1.27. The van der Waals surface area contributed by atoms with Gasteiger partial charge in [0.2, 0.25) is 11.8 Å². The van der Waals surface area contributed by atoms with E-state index in [1.165, 1.54) is 43.2 Å². The average molecular weight is 544 g/mol. The molecule has 2 aliphatic rings. The largest absolute Gasteiger partial charge is 0.355 e. The predicted octanol–water partition coefficient (Wildman–Crippen LogP) is 5.83. The zero-order valence-corrected chi connectivity index (χ0v) is 23.6. The molecule has 1 saturated carbocycles. The number of nitrogens with two attached hydrogens (primary N) is 1. The molecule has 5 nitrogen and oxygen atoms in total. The Morgan fingerprint density at radius 3 is 2.28 bits per heavy atom. The molecule has 206 valence electrons. The van der Waals surface area contributed by atoms with E-state index in [1.54, 1.807) is 11.3 Å². The van der Waals surface area contributed by atoms with Gasteiger partial charge in [-0.25, -0.2) is 0 Å². The van der Waals surface area contributed by atoms with E-state index in [2.05, 4.69) is 53.8 Å². The van der Waals surface area contributed by atoms with E-state index in [9.17, 15) is 9.59 Å². The fraction of sp³-hybridized carbons (Fsp3) is 0.455. The number of hydrogen-bond donors (Lipinski definition) is 2. The van der Waals surface area contributed by atoms with Crippen molar-refractivity contribution in [1.82, 2.24) is 10.2 Å². The third-order valence-electron chi connectivity index (χ3n) is 8.71. The normalized spacial score (nSPS) is 18.4. The van der Waals surface area contributed by atoms with Gasteiger partial charge in [0.05, 0.1) is 11.5 Å². The first-order valence-corrected chi connectivity index (χ1v) is 15.4. The number of piperidine rings is 1. The fourth-order valence-electron chi connectivity index (χ4n) is 6.26. The minimum Gasteiger partial charge on any atom is -0.355 e. The Morgan fingerprint density at radius 1 is 0.923 bits per heavy atom. The van der Waals surface area contributed by atoms with Crippen molar-refractivity contribution in [2.45, 2.75) is 63.8 Å². The number of amides is 2. The lowest BCUT2D eigenvalue weighted by molar-refractivity contribution is -0.141. The minimum atomic E-state index is -0.540. The zero-order chi connectivity index (χ0) is 27.1. The van der Waals surface area contributed by atoms with E-state index in [4.69, 9.17) is 5.73 Å². The van der Waals surface area contributed by atoms with Crippen LogP contribution < -0.4 is 11.1 Å². The van der Waals surface area contributed by atoms with Crippen molar-refractivity contribution in [3.63, 3.8) is 0 Å². The second-order valence-corrected chi connectivity index (χ2v) is 12.5. The molecule has 0 radical (unpaired) electrons. The Bertz CT molecular complexity index is 1200. The summed E-state index contributed by atoms with van der Waals surface area (Å²) in [5, 5.41) is 5.37. The van der Waals surface area contributed by atoms with Gasteiger partial charge in [0.1, 0.15) is 0 Å². The van der Waals surface area contributed by atoms with Crippen LogP contribution in [0.4, 0.5) is 0 Å². The standard InChI is InChI=1S/C33H41N3O2S/c34-30(22-29-12-7-21-39-29)31(37)36-19-17-33(18-20-36,32(38)35-24-26-8-3-1-4-9-26)23-25-13-15-28(16-14-25)27-10-5-2-6-11-27/h2,5-7,10-16,21,26,30H,1,3-4,8-9,17-20,22-24,34H2,(H,35,38). The quantitative estimate of drug-likeness (QED) is 0.356. The lowest BCUT2D eigenvalue weighted by Gasteiger charge is -2.42. The summed E-state index contributed by atoms with van der Waals surface area (Å²) in [5.41, 5.74) is 9.33. The predicted molar refractivity (Wildman–Crippen MR) is 159 cm³/mol. The van der Waals surface area contributed by atoms with Crippen molar-refractivity contribution < 1.29 is 9.59 Å². The maximum atomic E-state index is 13.8. The highest BCUT2D eigenvalue weighted by Crippen LogP contribution is 2.37. The first-order chi connectivity index (χ1) is 19.0. The maximum Gasteiger partial charge on any atom is 0.239 e. The molecule has 2 amide bonds. The molecule has 2 aromatic carbocycles. The van der Waals surface area contributed by atoms with Gasteiger partial charge in [-0.15, -0.1) is 11.3 Å². The number of nitrogens with one attached hydrogen (secondary N) is 1. The van der Waals surface area contributed by atoms with Crippen LogP contribution in [0.5, 0.6) is 0 Å². The van der Waals surface area contributed by atoms with Crippen LogP contribution >= 0.6 is 11.3 Å². The number of thiophene rings is 1. The maximum absolute atomic E-state index is 13.8. The summed E-state index contributed by atoms with van der Waals surface area (Å²) in [6, 6.07) is 22.5. The van der Waals surface area contributed by atoms with Crippen molar-refractivity contribution in [2.75, 3.05) is 19.6 Å². The molecular weight excluding hydrogens is 502 g/mol. The number of likely N-dealkylation sites (tertiary alicyclic amines) is 1. The summed E-state index contributed by atoms with van der Waals surface area (Å²) in [4.78, 5) is 30.0. The lowest BCUT2D eigenvalue weighted by atomic mass is 9.72. The number of nitrogens with zero attached hydrogens (tertiary/aromatic N) is 1. The van der Waals surface area contributed by atoms with Gasteiger partial charge in [0, 0.05) is 30.9 Å². The highest BCUT2D eigenvalue weighted by atomic mass is 32.1. The summed E-state index contributed by atoms with van der Waals surface area (Å²) < 4.78 is 0. The van der Waals surface area contributed by atoms with Crippen molar-refractivity contribution >= 4 is 23.2 Å². The Hall–Kier alpha value is -2.96. The van der Waals surface area contributed by atoms with E-state index < -0.39 is 11.5 Å². The summed E-state index contributed by atoms with van der Waals surface area (Å²) >= 11 is 1.63. The molecule has 1 saturated heterocycles. The highest BCUT2D eigenvalue weighted by Gasteiger charge is 2.43. The number of carbonyl (C=O) groups excluding carboxylic acids is 2. The van der Waals surface area contributed by atoms with Gasteiger partial charge < -0.3 is 16.0 Å². The van der Waals surface area contributed by atoms with Crippen LogP contribution in [0.25, 0.3) is 11.1 Å². The van der Waals surface area contributed by atoms with Crippen molar-refractivity contribution in [1.29, 1.82) is 0 Å². The van der Waals surface area contributed by atoms with Gasteiger partial charge in [-0.2, -0.15) is 0 Å². The summed E-state index contributed by atoms with van der Waals surface area (Å²) in [6.07, 6.45) is 8.81. The van der Waals surface area contributed by atoms with Crippen LogP contribution in [-0.4, -0.2) is 42.4 Å². The van der Waals surface area contributed by atoms with Gasteiger partial charge in [-0.3, -0.25) is 9.59 Å². The van der Waals surface area contributed by atoms with Crippen molar-refractivity contribution in [2.24, 2.45) is 17.1 Å². The van der Waals surface area contributed by atoms with Crippen LogP contribution in [0, 0.1) is 11.3 Å². The van der Waals surface area contributed by atoms with Crippen LogP contribution in [0.3, 0.4) is 0 Å². The number of benzene rings is 2. The Kier molecular flexibility index (Phi) is 9.15. The summed E-state index contributed by atoms with van der Waals surface area (Å²) in [5.74, 6) is 0.726. The van der Waals surface area contributed by atoms with Gasteiger partial charge in [-0.05, 0) is 66.2 Å². The van der Waals surface area contributed by atoms with E-state index in [0.717, 1.165) is 17.0 Å². The molecule has 3 N–H and O–H groups in total. The van der Waals surface area contributed by atoms with Gasteiger partial charge in [-0.1, -0.05) is 79.9 Å². The topological polar surface area (TPSA) is 75.4 Å². The molecule has 1 atom stereocenters. The SMILES string of the molecule is NC(Cc1cccs1)C(=O)N1CCC(Cc2ccc(-c3ccccc3)cc2)(C(=O)NCC2CCCCC2)CC1. The fourth-order valence-corrected chi connectivity index (χ4v) is 7.02. The summed E-state index contributed by atoms with van der Waals surface area (Å²) in [7, 11) is 0. The average Bonchev–Trinajstić information content (AvgIpc) is 3.50. The summed E-state index contributed by atoms with van der Waals surface area (Å²) in [6.45, 7) is 1.90. The number of carbonyl (C=O) groups is 2. The minimum absolute atomic E-state index is 0.00757. The third kappa shape index (κ3) is 6.98. The van der Waals surface area contributed by atoms with Crippen LogP contribution in [0.2, 0.25) is 0 Å². The van der Waals surface area contributed by atoms with Gasteiger partial charge in [0.15, 0.2) is 0 Å². The molecule has 1 aliphatic carbocycles. The monoisotopic (exact) mass is 543 g/mol. The molecule has 0 bridgehead atoms. The van der Waals surface area contributed by atoms with Crippen molar-refractivity contribution in [3.05, 3.63) is 82.6 Å². The zero-order valence-electron chi connectivity index (χ0n) is 22.8. The van der Waals surface area contributed by atoms with Crippen LogP contribution in [0.15, 0.2) is 72.1 Å². The lowest BCUT2D eigenvalue weighted by Crippen LogP contribution is -2.54. The molecule has 1 aromatic heterocycles. The van der Waals surface area contributed by atoms with E-state index in [0.29, 0.717) is 44.7 Å². The van der Waals surface area contributed by atoms with E-state index in [1.807, 2.05) is 28.5 Å². The molecule has 5 rings (SSSR count). The molecule has 39 heavy (non-hydrogen) atoms.